The van der Waals surface area contributed by atoms with E-state index < -0.39 is 15.9 Å². The van der Waals surface area contributed by atoms with Gasteiger partial charge in [0.1, 0.15) is 5.69 Å². The normalized spacial score (nSPS) is 19.6. The highest BCUT2D eigenvalue weighted by molar-refractivity contribution is 7.89. The highest BCUT2D eigenvalue weighted by Crippen LogP contribution is 2.29. The van der Waals surface area contributed by atoms with Crippen LogP contribution in [0.15, 0.2) is 15.6 Å². The van der Waals surface area contributed by atoms with Crippen molar-refractivity contribution in [1.82, 2.24) is 14.4 Å². The van der Waals surface area contributed by atoms with Gasteiger partial charge in [-0.3, -0.25) is 4.79 Å². The van der Waals surface area contributed by atoms with Gasteiger partial charge in [0.25, 0.3) is 0 Å². The molecule has 1 fully saturated rings. The summed E-state index contributed by atoms with van der Waals surface area (Å²) in [6.07, 6.45) is 4.47. The molecular formula is C15H23N3O5S. The van der Waals surface area contributed by atoms with E-state index in [2.05, 4.69) is 5.16 Å². The van der Waals surface area contributed by atoms with Crippen LogP contribution in [0.1, 0.15) is 24.3 Å². The summed E-state index contributed by atoms with van der Waals surface area (Å²) < 4.78 is 37.2. The molecule has 8 nitrogen and oxygen atoms in total. The van der Waals surface area contributed by atoms with Crippen molar-refractivity contribution in [3.63, 3.8) is 0 Å². The first-order valence-corrected chi connectivity index (χ1v) is 9.10. The molecule has 0 radical (unpaired) electrons. The van der Waals surface area contributed by atoms with Crippen LogP contribution in [0.5, 0.6) is 0 Å². The molecule has 2 rings (SSSR count). The van der Waals surface area contributed by atoms with Gasteiger partial charge in [0, 0.05) is 39.5 Å². The Balaban J connectivity index is 2.33. The lowest BCUT2D eigenvalue weighted by Crippen LogP contribution is -2.42. The summed E-state index contributed by atoms with van der Waals surface area (Å²) in [6.45, 7) is 2.05. The van der Waals surface area contributed by atoms with Gasteiger partial charge in [-0.25, -0.2) is 8.42 Å². The Morgan fingerprint density at radius 1 is 1.46 bits per heavy atom. The van der Waals surface area contributed by atoms with Crippen molar-refractivity contribution < 1.29 is 22.5 Å². The zero-order valence-corrected chi connectivity index (χ0v) is 15.2. The molecule has 0 N–H and O–H groups in total. The van der Waals surface area contributed by atoms with Crippen LogP contribution in [-0.4, -0.2) is 63.0 Å². The van der Waals surface area contributed by atoms with Crippen LogP contribution < -0.4 is 0 Å². The van der Waals surface area contributed by atoms with Gasteiger partial charge in [0.15, 0.2) is 10.7 Å². The molecule has 1 aromatic rings. The minimum atomic E-state index is -3.80. The van der Waals surface area contributed by atoms with E-state index in [-0.39, 0.29) is 23.2 Å². The Kier molecular flexibility index (Phi) is 5.66. The molecule has 0 bridgehead atoms. The Morgan fingerprint density at radius 3 is 2.79 bits per heavy atom. The number of aryl methyl sites for hydroxylation is 1. The lowest BCUT2D eigenvalue weighted by molar-refractivity contribution is -0.146. The number of aromatic nitrogens is 1. The average Bonchev–Trinajstić information content (AvgIpc) is 2.93. The van der Waals surface area contributed by atoms with Crippen LogP contribution in [0.4, 0.5) is 0 Å². The van der Waals surface area contributed by atoms with Crippen LogP contribution in [0.3, 0.4) is 0 Å². The molecule has 1 aliphatic rings. The SMILES string of the molecule is COC(=O)C1CCCN(S(=O)(=O)c2c(C)noc2C=CN(C)C)C1. The molecule has 0 aliphatic carbocycles. The Labute approximate surface area is 142 Å². The van der Waals surface area contributed by atoms with Crippen molar-refractivity contribution in [2.45, 2.75) is 24.7 Å². The first-order chi connectivity index (χ1) is 11.3. The third kappa shape index (κ3) is 3.78. The van der Waals surface area contributed by atoms with Crippen molar-refractivity contribution >= 4 is 22.1 Å². The molecule has 1 aromatic heterocycles. The maximum atomic E-state index is 13.0. The smallest absolute Gasteiger partial charge is 0.309 e. The molecule has 0 aromatic carbocycles. The van der Waals surface area contributed by atoms with Crippen LogP contribution in [0.2, 0.25) is 0 Å². The van der Waals surface area contributed by atoms with Gasteiger partial charge in [-0.1, -0.05) is 5.16 Å². The van der Waals surface area contributed by atoms with Crippen LogP contribution >= 0.6 is 0 Å². The van der Waals surface area contributed by atoms with E-state index in [1.54, 1.807) is 24.1 Å². The van der Waals surface area contributed by atoms with Gasteiger partial charge in [-0.2, -0.15) is 4.31 Å². The van der Waals surface area contributed by atoms with Crippen LogP contribution in [0.25, 0.3) is 6.08 Å². The number of esters is 1. The Hall–Kier alpha value is -1.87. The van der Waals surface area contributed by atoms with Crippen molar-refractivity contribution in [2.75, 3.05) is 34.3 Å². The first kappa shape index (κ1) is 18.5. The summed E-state index contributed by atoms with van der Waals surface area (Å²) in [5, 5.41) is 3.78. The number of ether oxygens (including phenoxy) is 1. The maximum absolute atomic E-state index is 13.0. The fourth-order valence-corrected chi connectivity index (χ4v) is 4.44. The fourth-order valence-electron chi connectivity index (χ4n) is 2.66. The van der Waals surface area contributed by atoms with Crippen LogP contribution in [0, 0.1) is 12.8 Å². The quantitative estimate of drug-likeness (QED) is 0.728. The molecule has 24 heavy (non-hydrogen) atoms. The van der Waals surface area contributed by atoms with Gasteiger partial charge in [0.05, 0.1) is 13.0 Å². The predicted molar refractivity (Wildman–Crippen MR) is 87.5 cm³/mol. The zero-order valence-electron chi connectivity index (χ0n) is 14.4. The fraction of sp³-hybridized carbons (Fsp3) is 0.600. The van der Waals surface area contributed by atoms with Gasteiger partial charge >= 0.3 is 5.97 Å². The molecule has 0 amide bonds. The second kappa shape index (κ2) is 7.35. The third-order valence-corrected chi connectivity index (χ3v) is 5.90. The molecule has 0 spiro atoms. The minimum Gasteiger partial charge on any atom is -0.469 e. The molecule has 1 aliphatic heterocycles. The number of hydrogen-bond acceptors (Lipinski definition) is 7. The van der Waals surface area contributed by atoms with Gasteiger partial charge in [-0.05, 0) is 19.8 Å². The van der Waals surface area contributed by atoms with Crippen molar-refractivity contribution in [2.24, 2.45) is 5.92 Å². The number of rotatable bonds is 5. The maximum Gasteiger partial charge on any atom is 0.309 e. The summed E-state index contributed by atoms with van der Waals surface area (Å²) >= 11 is 0. The van der Waals surface area contributed by atoms with Crippen molar-refractivity contribution in [3.05, 3.63) is 17.7 Å². The lowest BCUT2D eigenvalue weighted by atomic mass is 10.0. The van der Waals surface area contributed by atoms with Crippen molar-refractivity contribution in [3.8, 4) is 0 Å². The highest BCUT2D eigenvalue weighted by Gasteiger charge is 2.37. The van der Waals surface area contributed by atoms with E-state index in [0.717, 1.165) is 0 Å². The van der Waals surface area contributed by atoms with E-state index in [4.69, 9.17) is 9.26 Å². The molecule has 0 saturated carbocycles. The number of carbonyl (C=O) groups is 1. The zero-order chi connectivity index (χ0) is 17.9. The summed E-state index contributed by atoms with van der Waals surface area (Å²) in [5.41, 5.74) is 0.300. The molecule has 134 valence electrons. The summed E-state index contributed by atoms with van der Waals surface area (Å²) in [7, 11) is 1.14. The third-order valence-electron chi connectivity index (χ3n) is 3.87. The molecular weight excluding hydrogens is 334 g/mol. The number of nitrogens with zero attached hydrogens (tertiary/aromatic N) is 3. The van der Waals surface area contributed by atoms with Crippen LogP contribution in [-0.2, 0) is 19.6 Å². The number of carbonyl (C=O) groups excluding carboxylic acids is 1. The second-order valence-electron chi connectivity index (χ2n) is 5.97. The summed E-state index contributed by atoms with van der Waals surface area (Å²) in [6, 6.07) is 0. The largest absolute Gasteiger partial charge is 0.469 e. The first-order valence-electron chi connectivity index (χ1n) is 7.66. The molecule has 2 heterocycles. The topological polar surface area (TPSA) is 92.9 Å². The van der Waals surface area contributed by atoms with Gasteiger partial charge in [0.2, 0.25) is 10.0 Å². The monoisotopic (exact) mass is 357 g/mol. The minimum absolute atomic E-state index is 0.0473. The second-order valence-corrected chi connectivity index (χ2v) is 7.84. The standard InChI is InChI=1S/C15H23N3O5S/c1-11-14(13(23-16-11)7-9-17(2)3)24(20,21)18-8-5-6-12(10-18)15(19)22-4/h7,9,12H,5-6,8,10H2,1-4H3. The summed E-state index contributed by atoms with van der Waals surface area (Å²) in [4.78, 5) is 13.6. The lowest BCUT2D eigenvalue weighted by Gasteiger charge is -2.30. The Morgan fingerprint density at radius 2 is 2.17 bits per heavy atom. The van der Waals surface area contributed by atoms with E-state index in [9.17, 15) is 13.2 Å². The number of piperidine rings is 1. The van der Waals surface area contributed by atoms with Gasteiger partial charge < -0.3 is 14.2 Å². The molecule has 1 unspecified atom stereocenters. The van der Waals surface area contributed by atoms with E-state index in [1.807, 2.05) is 14.1 Å². The predicted octanol–water partition coefficient (Wildman–Crippen LogP) is 1.09. The number of hydrogen-bond donors (Lipinski definition) is 0. The Bertz CT molecular complexity index is 723. The number of sulfonamides is 1. The number of methoxy groups -OCH3 is 1. The molecule has 9 heteroatoms. The average molecular weight is 357 g/mol. The highest BCUT2D eigenvalue weighted by atomic mass is 32.2. The summed E-state index contributed by atoms with van der Waals surface area (Å²) in [5.74, 6) is -0.648. The molecule has 1 atom stereocenters. The van der Waals surface area contributed by atoms with Crippen molar-refractivity contribution in [1.29, 1.82) is 0 Å². The van der Waals surface area contributed by atoms with E-state index >= 15 is 0 Å². The van der Waals surface area contributed by atoms with Gasteiger partial charge in [-0.15, -0.1) is 0 Å². The van der Waals surface area contributed by atoms with E-state index in [0.29, 0.717) is 25.1 Å². The molecule has 1 saturated heterocycles. The van der Waals surface area contributed by atoms with E-state index in [1.165, 1.54) is 11.4 Å².